The summed E-state index contributed by atoms with van der Waals surface area (Å²) in [5.41, 5.74) is 2.63. The van der Waals surface area contributed by atoms with Gasteiger partial charge in [-0.15, -0.1) is 0 Å². The fraction of sp³-hybridized carbons (Fsp3) is 0.700. The van der Waals surface area contributed by atoms with Crippen LogP contribution < -0.4 is 5.32 Å². The normalized spacial score (nSPS) is 11.8. The lowest BCUT2D eigenvalue weighted by atomic mass is 9.97. The van der Waals surface area contributed by atoms with E-state index in [2.05, 4.69) is 38.1 Å². The fourth-order valence-corrected chi connectivity index (χ4v) is 1.03. The number of aromatic nitrogens is 2. The second kappa shape index (κ2) is 3.40. The molecule has 1 aromatic rings. The van der Waals surface area contributed by atoms with Crippen LogP contribution in [0.25, 0.3) is 0 Å². The summed E-state index contributed by atoms with van der Waals surface area (Å²) in [7, 11) is 1.96. The molecule has 0 amide bonds. The molecule has 0 aliphatic rings. The largest absolute Gasteiger partial charge is 0.382 e. The van der Waals surface area contributed by atoms with Crippen LogP contribution >= 0.6 is 0 Å². The zero-order chi connectivity index (χ0) is 10.1. The fourth-order valence-electron chi connectivity index (χ4n) is 1.03. The Balaban J connectivity index is 2.60. The van der Waals surface area contributed by atoms with Crippen LogP contribution in [0.3, 0.4) is 0 Å². The van der Waals surface area contributed by atoms with E-state index in [0.717, 1.165) is 12.2 Å². The van der Waals surface area contributed by atoms with Crippen LogP contribution in [-0.2, 0) is 7.05 Å². The van der Waals surface area contributed by atoms with E-state index in [1.165, 1.54) is 5.69 Å². The van der Waals surface area contributed by atoms with Gasteiger partial charge in [-0.1, -0.05) is 20.8 Å². The van der Waals surface area contributed by atoms with Crippen LogP contribution in [0.1, 0.15) is 26.5 Å². The van der Waals surface area contributed by atoms with Gasteiger partial charge >= 0.3 is 0 Å². The maximum Gasteiger partial charge on any atom is 0.0756 e. The molecule has 0 radical (unpaired) electrons. The molecule has 0 unspecified atom stereocenters. The molecule has 0 saturated heterocycles. The maximum atomic E-state index is 4.17. The minimum Gasteiger partial charge on any atom is -0.382 e. The highest BCUT2D eigenvalue weighted by Gasteiger charge is 2.11. The lowest BCUT2D eigenvalue weighted by Gasteiger charge is -2.19. The van der Waals surface area contributed by atoms with Gasteiger partial charge in [0.05, 0.1) is 17.6 Å². The lowest BCUT2D eigenvalue weighted by Crippen LogP contribution is -2.19. The average Bonchev–Trinajstić information content (AvgIpc) is 2.29. The quantitative estimate of drug-likeness (QED) is 0.758. The van der Waals surface area contributed by atoms with Gasteiger partial charge in [-0.2, -0.15) is 5.10 Å². The first kappa shape index (κ1) is 10.1. The van der Waals surface area contributed by atoms with Crippen molar-refractivity contribution in [2.75, 3.05) is 11.9 Å². The van der Waals surface area contributed by atoms with Crippen molar-refractivity contribution in [1.82, 2.24) is 9.78 Å². The number of nitrogens with one attached hydrogen (secondary N) is 1. The zero-order valence-corrected chi connectivity index (χ0v) is 9.18. The molecule has 0 spiro atoms. The molecule has 0 aromatic carbocycles. The average molecular weight is 181 g/mol. The third kappa shape index (κ3) is 2.76. The first-order valence-electron chi connectivity index (χ1n) is 4.62. The van der Waals surface area contributed by atoms with Crippen molar-refractivity contribution in [2.24, 2.45) is 12.5 Å². The minimum atomic E-state index is 0.308. The molecule has 1 N–H and O–H groups in total. The number of nitrogens with zero attached hydrogens (tertiary/aromatic N) is 2. The predicted octanol–water partition coefficient (Wildman–Crippen LogP) is 2.19. The highest BCUT2D eigenvalue weighted by molar-refractivity contribution is 5.45. The maximum absolute atomic E-state index is 4.17. The van der Waals surface area contributed by atoms with Gasteiger partial charge in [0.1, 0.15) is 0 Å². The molecule has 3 heteroatoms. The third-order valence-corrected chi connectivity index (χ3v) is 2.04. The zero-order valence-electron chi connectivity index (χ0n) is 9.18. The van der Waals surface area contributed by atoms with E-state index in [9.17, 15) is 0 Å². The van der Waals surface area contributed by atoms with E-state index in [1.807, 2.05) is 17.9 Å². The van der Waals surface area contributed by atoms with Crippen molar-refractivity contribution in [3.63, 3.8) is 0 Å². The highest BCUT2D eigenvalue weighted by atomic mass is 15.3. The number of hydrogen-bond acceptors (Lipinski definition) is 2. The molecular formula is C10H19N3. The van der Waals surface area contributed by atoms with Crippen molar-refractivity contribution < 1.29 is 0 Å². The molecule has 1 heterocycles. The molecule has 0 atom stereocenters. The highest BCUT2D eigenvalue weighted by Crippen LogP contribution is 2.17. The number of hydrogen-bond donors (Lipinski definition) is 1. The van der Waals surface area contributed by atoms with E-state index in [1.54, 1.807) is 0 Å². The van der Waals surface area contributed by atoms with Crippen molar-refractivity contribution in [3.05, 3.63) is 11.9 Å². The van der Waals surface area contributed by atoms with Crippen LogP contribution in [0.2, 0.25) is 0 Å². The van der Waals surface area contributed by atoms with Crippen LogP contribution in [-0.4, -0.2) is 16.3 Å². The van der Waals surface area contributed by atoms with Crippen LogP contribution in [0.5, 0.6) is 0 Å². The topological polar surface area (TPSA) is 29.9 Å². The van der Waals surface area contributed by atoms with E-state index in [0.29, 0.717) is 5.41 Å². The van der Waals surface area contributed by atoms with E-state index < -0.39 is 0 Å². The van der Waals surface area contributed by atoms with E-state index in [4.69, 9.17) is 0 Å². The van der Waals surface area contributed by atoms with Crippen LogP contribution in [0.4, 0.5) is 5.69 Å². The van der Waals surface area contributed by atoms with Crippen LogP contribution in [0, 0.1) is 12.3 Å². The molecular weight excluding hydrogens is 162 g/mol. The molecule has 1 rings (SSSR count). The van der Waals surface area contributed by atoms with Gasteiger partial charge < -0.3 is 5.32 Å². The standard InChI is InChI=1S/C10H19N3/c1-8-9(6-12-13(8)5)11-7-10(2,3)4/h6,11H,7H2,1-5H3. The Morgan fingerprint density at radius 2 is 2.08 bits per heavy atom. The Morgan fingerprint density at radius 3 is 2.46 bits per heavy atom. The Morgan fingerprint density at radius 1 is 1.46 bits per heavy atom. The molecule has 74 valence electrons. The van der Waals surface area contributed by atoms with Crippen molar-refractivity contribution >= 4 is 5.69 Å². The Hall–Kier alpha value is -0.990. The summed E-state index contributed by atoms with van der Waals surface area (Å²) in [6.07, 6.45) is 1.88. The van der Waals surface area contributed by atoms with Crippen molar-refractivity contribution in [1.29, 1.82) is 0 Å². The lowest BCUT2D eigenvalue weighted by molar-refractivity contribution is 0.443. The second-order valence-electron chi connectivity index (χ2n) is 4.68. The minimum absolute atomic E-state index is 0.308. The predicted molar refractivity (Wildman–Crippen MR) is 55.9 cm³/mol. The summed E-state index contributed by atoms with van der Waals surface area (Å²) in [5, 5.41) is 7.56. The number of anilines is 1. The first-order valence-corrected chi connectivity index (χ1v) is 4.62. The third-order valence-electron chi connectivity index (χ3n) is 2.04. The summed E-state index contributed by atoms with van der Waals surface area (Å²) < 4.78 is 1.88. The van der Waals surface area contributed by atoms with Crippen molar-refractivity contribution in [3.8, 4) is 0 Å². The molecule has 0 aliphatic carbocycles. The number of rotatable bonds is 2. The van der Waals surface area contributed by atoms with Gasteiger partial charge in [0.15, 0.2) is 0 Å². The molecule has 3 nitrogen and oxygen atoms in total. The molecule has 1 aromatic heterocycles. The summed E-state index contributed by atoms with van der Waals surface area (Å²) in [4.78, 5) is 0. The second-order valence-corrected chi connectivity index (χ2v) is 4.68. The molecule has 0 saturated carbocycles. The van der Waals surface area contributed by atoms with Gasteiger partial charge in [-0.3, -0.25) is 4.68 Å². The summed E-state index contributed by atoms with van der Waals surface area (Å²) >= 11 is 0. The molecule has 13 heavy (non-hydrogen) atoms. The molecule has 0 bridgehead atoms. The Bertz CT molecular complexity index is 281. The monoisotopic (exact) mass is 181 g/mol. The van der Waals surface area contributed by atoms with Gasteiger partial charge in [-0.25, -0.2) is 0 Å². The first-order chi connectivity index (χ1) is 5.90. The SMILES string of the molecule is Cc1c(NCC(C)(C)C)cnn1C. The van der Waals surface area contributed by atoms with Gasteiger partial charge in [0, 0.05) is 13.6 Å². The summed E-state index contributed by atoms with van der Waals surface area (Å²) in [5.74, 6) is 0. The molecule has 0 fully saturated rings. The van der Waals surface area contributed by atoms with E-state index >= 15 is 0 Å². The smallest absolute Gasteiger partial charge is 0.0756 e. The Labute approximate surface area is 80.1 Å². The van der Waals surface area contributed by atoms with Gasteiger partial charge in [-0.05, 0) is 12.3 Å². The summed E-state index contributed by atoms with van der Waals surface area (Å²) in [6, 6.07) is 0. The summed E-state index contributed by atoms with van der Waals surface area (Å²) in [6.45, 7) is 9.68. The van der Waals surface area contributed by atoms with E-state index in [-0.39, 0.29) is 0 Å². The van der Waals surface area contributed by atoms with Gasteiger partial charge in [0.2, 0.25) is 0 Å². The molecule has 0 aliphatic heterocycles. The van der Waals surface area contributed by atoms with Gasteiger partial charge in [0.25, 0.3) is 0 Å². The Kier molecular flexibility index (Phi) is 2.64. The number of aryl methyl sites for hydroxylation is 1. The van der Waals surface area contributed by atoms with Crippen LogP contribution in [0.15, 0.2) is 6.20 Å². The van der Waals surface area contributed by atoms with Crippen molar-refractivity contribution in [2.45, 2.75) is 27.7 Å².